The maximum Gasteiger partial charge on any atom is 0.155 e. The van der Waals surface area contributed by atoms with Crippen molar-refractivity contribution in [2.45, 2.75) is 19.1 Å². The van der Waals surface area contributed by atoms with Gasteiger partial charge in [0.25, 0.3) is 0 Å². The molecule has 0 spiro atoms. The fraction of sp³-hybridized carbons (Fsp3) is 0.214. The van der Waals surface area contributed by atoms with Gasteiger partial charge in [0.05, 0.1) is 10.2 Å². The van der Waals surface area contributed by atoms with Gasteiger partial charge in [-0.2, -0.15) is 0 Å². The van der Waals surface area contributed by atoms with Crippen molar-refractivity contribution in [1.29, 1.82) is 0 Å². The summed E-state index contributed by atoms with van der Waals surface area (Å²) in [5.74, 6) is 0.212. The fourth-order valence-electron chi connectivity index (χ4n) is 1.68. The third-order valence-corrected chi connectivity index (χ3v) is 3.22. The minimum absolute atomic E-state index is 0.237. The van der Waals surface area contributed by atoms with E-state index in [1.165, 1.54) is 6.07 Å². The standard InChI is InChI=1S/C14H14BrFN2O/c1-9(17)14(13-4-2-3-7-18-13)19-10-5-6-12(16)11(15)8-10/h2-9,14H,17H2,1H3. The van der Waals surface area contributed by atoms with Gasteiger partial charge in [0.15, 0.2) is 6.10 Å². The maximum atomic E-state index is 13.2. The molecule has 0 bridgehead atoms. The van der Waals surface area contributed by atoms with Gasteiger partial charge in [0.1, 0.15) is 11.6 Å². The molecule has 0 saturated carbocycles. The van der Waals surface area contributed by atoms with Crippen LogP contribution >= 0.6 is 15.9 Å². The molecule has 0 aliphatic heterocycles. The van der Waals surface area contributed by atoms with Crippen LogP contribution in [0.3, 0.4) is 0 Å². The molecule has 2 rings (SSSR count). The van der Waals surface area contributed by atoms with Crippen LogP contribution in [0.2, 0.25) is 0 Å². The number of halogens is 2. The van der Waals surface area contributed by atoms with E-state index < -0.39 is 0 Å². The molecule has 2 N–H and O–H groups in total. The first-order valence-electron chi connectivity index (χ1n) is 5.86. The van der Waals surface area contributed by atoms with Gasteiger partial charge in [0.2, 0.25) is 0 Å². The lowest BCUT2D eigenvalue weighted by molar-refractivity contribution is 0.175. The molecular formula is C14H14BrFN2O. The Morgan fingerprint density at radius 3 is 2.68 bits per heavy atom. The summed E-state index contributed by atoms with van der Waals surface area (Å²) in [5.41, 5.74) is 6.68. The Hall–Kier alpha value is -1.46. The van der Waals surface area contributed by atoms with Crippen molar-refractivity contribution in [3.8, 4) is 5.75 Å². The van der Waals surface area contributed by atoms with Crippen LogP contribution < -0.4 is 10.5 Å². The van der Waals surface area contributed by atoms with E-state index in [0.29, 0.717) is 10.2 Å². The number of nitrogens with zero attached hydrogens (tertiary/aromatic N) is 1. The van der Waals surface area contributed by atoms with E-state index in [1.54, 1.807) is 18.3 Å². The third-order valence-electron chi connectivity index (χ3n) is 2.61. The molecule has 0 aliphatic rings. The molecule has 2 aromatic rings. The summed E-state index contributed by atoms with van der Waals surface area (Å²) in [5, 5.41) is 0. The van der Waals surface area contributed by atoms with Crippen LogP contribution in [0.25, 0.3) is 0 Å². The van der Waals surface area contributed by atoms with E-state index in [-0.39, 0.29) is 18.0 Å². The van der Waals surface area contributed by atoms with E-state index in [2.05, 4.69) is 20.9 Å². The zero-order valence-electron chi connectivity index (χ0n) is 10.4. The zero-order valence-corrected chi connectivity index (χ0v) is 12.0. The highest BCUT2D eigenvalue weighted by atomic mass is 79.9. The van der Waals surface area contributed by atoms with E-state index in [1.807, 2.05) is 25.1 Å². The van der Waals surface area contributed by atoms with Crippen molar-refractivity contribution in [2.24, 2.45) is 5.73 Å². The van der Waals surface area contributed by atoms with Crippen LogP contribution in [-0.2, 0) is 0 Å². The highest BCUT2D eigenvalue weighted by Gasteiger charge is 2.19. The molecule has 2 atom stereocenters. The van der Waals surface area contributed by atoms with Crippen LogP contribution in [-0.4, -0.2) is 11.0 Å². The first kappa shape index (κ1) is 14.0. The van der Waals surface area contributed by atoms with Crippen molar-refractivity contribution in [2.75, 3.05) is 0 Å². The number of aromatic nitrogens is 1. The van der Waals surface area contributed by atoms with Gasteiger partial charge in [-0.3, -0.25) is 4.98 Å². The monoisotopic (exact) mass is 324 g/mol. The second kappa shape index (κ2) is 6.12. The van der Waals surface area contributed by atoms with Crippen LogP contribution in [0.4, 0.5) is 4.39 Å². The van der Waals surface area contributed by atoms with E-state index in [9.17, 15) is 4.39 Å². The minimum atomic E-state index is -0.376. The quantitative estimate of drug-likeness (QED) is 0.937. The Balaban J connectivity index is 2.24. The second-order valence-corrected chi connectivity index (χ2v) is 5.08. The molecule has 3 nitrogen and oxygen atoms in total. The number of benzene rings is 1. The summed E-state index contributed by atoms with van der Waals surface area (Å²) in [6.45, 7) is 1.85. The Labute approximate surface area is 119 Å². The third kappa shape index (κ3) is 3.52. The van der Waals surface area contributed by atoms with Crippen LogP contribution in [0, 0.1) is 5.82 Å². The summed E-state index contributed by atoms with van der Waals surface area (Å²) in [6.07, 6.45) is 1.31. The first-order chi connectivity index (χ1) is 9.08. The molecule has 1 aromatic carbocycles. The number of nitrogens with two attached hydrogens (primary N) is 1. The van der Waals surface area contributed by atoms with Gasteiger partial charge in [-0.25, -0.2) is 4.39 Å². The van der Waals surface area contributed by atoms with Gasteiger partial charge in [-0.1, -0.05) is 6.07 Å². The second-order valence-electron chi connectivity index (χ2n) is 4.23. The number of hydrogen-bond acceptors (Lipinski definition) is 3. The lowest BCUT2D eigenvalue weighted by atomic mass is 10.1. The Bertz CT molecular complexity index is 548. The Morgan fingerprint density at radius 1 is 1.32 bits per heavy atom. The van der Waals surface area contributed by atoms with Crippen molar-refractivity contribution >= 4 is 15.9 Å². The van der Waals surface area contributed by atoms with E-state index in [4.69, 9.17) is 10.5 Å². The molecule has 100 valence electrons. The number of pyridine rings is 1. The molecule has 0 amide bonds. The average Bonchev–Trinajstić information content (AvgIpc) is 2.40. The normalized spacial score (nSPS) is 13.9. The summed E-state index contributed by atoms with van der Waals surface area (Å²) in [7, 11) is 0. The minimum Gasteiger partial charge on any atom is -0.482 e. The highest BCUT2D eigenvalue weighted by molar-refractivity contribution is 9.10. The average molecular weight is 325 g/mol. The molecule has 1 aromatic heterocycles. The predicted octanol–water partition coefficient (Wildman–Crippen LogP) is 3.45. The molecular weight excluding hydrogens is 311 g/mol. The molecule has 19 heavy (non-hydrogen) atoms. The highest BCUT2D eigenvalue weighted by Crippen LogP contribution is 2.27. The molecule has 5 heteroatoms. The SMILES string of the molecule is CC(N)C(Oc1ccc(F)c(Br)c1)c1ccccn1. The molecule has 1 heterocycles. The Morgan fingerprint density at radius 2 is 2.11 bits per heavy atom. The lowest BCUT2D eigenvalue weighted by Crippen LogP contribution is -2.29. The number of ether oxygens (including phenoxy) is 1. The van der Waals surface area contributed by atoms with Crippen LogP contribution in [0.15, 0.2) is 47.1 Å². The van der Waals surface area contributed by atoms with Crippen molar-refractivity contribution in [3.05, 3.63) is 58.6 Å². The molecule has 0 saturated heterocycles. The summed E-state index contributed by atoms with van der Waals surface area (Å²) in [4.78, 5) is 4.25. The fourth-order valence-corrected chi connectivity index (χ4v) is 2.04. The van der Waals surface area contributed by atoms with Gasteiger partial charge in [-0.05, 0) is 53.2 Å². The largest absolute Gasteiger partial charge is 0.482 e. The molecule has 0 fully saturated rings. The summed E-state index contributed by atoms with van der Waals surface area (Å²) < 4.78 is 19.3. The predicted molar refractivity (Wildman–Crippen MR) is 75.4 cm³/mol. The van der Waals surface area contributed by atoms with Crippen LogP contribution in [0.5, 0.6) is 5.75 Å². The van der Waals surface area contributed by atoms with E-state index in [0.717, 1.165) is 5.69 Å². The smallest absolute Gasteiger partial charge is 0.155 e. The van der Waals surface area contributed by atoms with Gasteiger partial charge >= 0.3 is 0 Å². The molecule has 0 aliphatic carbocycles. The lowest BCUT2D eigenvalue weighted by Gasteiger charge is -2.22. The first-order valence-corrected chi connectivity index (χ1v) is 6.65. The summed E-state index contributed by atoms with van der Waals surface area (Å²) >= 11 is 3.13. The maximum absolute atomic E-state index is 13.2. The topological polar surface area (TPSA) is 48.1 Å². The van der Waals surface area contributed by atoms with Crippen molar-refractivity contribution in [1.82, 2.24) is 4.98 Å². The number of rotatable bonds is 4. The zero-order chi connectivity index (χ0) is 13.8. The summed E-state index contributed by atoms with van der Waals surface area (Å²) in [6, 6.07) is 9.81. The van der Waals surface area contributed by atoms with Gasteiger partial charge < -0.3 is 10.5 Å². The Kier molecular flexibility index (Phi) is 4.50. The van der Waals surface area contributed by atoms with Gasteiger partial charge in [0, 0.05) is 12.2 Å². The van der Waals surface area contributed by atoms with Gasteiger partial charge in [-0.15, -0.1) is 0 Å². The van der Waals surface area contributed by atoms with Crippen LogP contribution in [0.1, 0.15) is 18.7 Å². The molecule has 2 unspecified atom stereocenters. The molecule has 0 radical (unpaired) electrons. The van der Waals surface area contributed by atoms with E-state index >= 15 is 0 Å². The van der Waals surface area contributed by atoms with Crippen molar-refractivity contribution < 1.29 is 9.13 Å². The number of hydrogen-bond donors (Lipinski definition) is 1. The van der Waals surface area contributed by atoms with Crippen molar-refractivity contribution in [3.63, 3.8) is 0 Å².